The summed E-state index contributed by atoms with van der Waals surface area (Å²) in [7, 11) is 0. The SMILES string of the molecule is c1ccc(NC2CC3CC2C2CCCC32)cc1. The first-order valence-corrected chi connectivity index (χ1v) is 7.23. The van der Waals surface area contributed by atoms with Crippen molar-refractivity contribution < 1.29 is 0 Å². The number of nitrogens with one attached hydrogen (secondary N) is 1. The van der Waals surface area contributed by atoms with Crippen LogP contribution in [0.1, 0.15) is 32.1 Å². The van der Waals surface area contributed by atoms with Crippen LogP contribution in [0.4, 0.5) is 5.69 Å². The van der Waals surface area contributed by atoms with E-state index in [-0.39, 0.29) is 0 Å². The molecule has 4 rings (SSSR count). The molecule has 1 nitrogen and oxygen atoms in total. The summed E-state index contributed by atoms with van der Waals surface area (Å²) in [5.41, 5.74) is 1.32. The summed E-state index contributed by atoms with van der Waals surface area (Å²) >= 11 is 0. The normalized spacial score (nSPS) is 42.7. The van der Waals surface area contributed by atoms with Crippen molar-refractivity contribution in [1.82, 2.24) is 0 Å². The molecule has 0 radical (unpaired) electrons. The predicted molar refractivity (Wildman–Crippen MR) is 70.9 cm³/mol. The van der Waals surface area contributed by atoms with Crippen LogP contribution < -0.4 is 5.32 Å². The van der Waals surface area contributed by atoms with E-state index in [2.05, 4.69) is 35.6 Å². The van der Waals surface area contributed by atoms with E-state index in [1.807, 2.05) is 0 Å². The molecule has 2 bridgehead atoms. The average Bonchev–Trinajstić information content (AvgIpc) is 3.01. The summed E-state index contributed by atoms with van der Waals surface area (Å²) in [6.45, 7) is 0. The Labute approximate surface area is 104 Å². The molecular formula is C16H21N. The van der Waals surface area contributed by atoms with E-state index in [0.29, 0.717) is 0 Å². The molecule has 0 aliphatic heterocycles. The zero-order valence-electron chi connectivity index (χ0n) is 10.3. The van der Waals surface area contributed by atoms with E-state index in [1.165, 1.54) is 37.8 Å². The summed E-state index contributed by atoms with van der Waals surface area (Å²) in [6.07, 6.45) is 7.49. The number of anilines is 1. The molecule has 3 aliphatic rings. The standard InChI is InChI=1S/C16H21N/c1-2-5-12(6-3-1)17-16-10-11-9-15(16)14-8-4-7-13(11)14/h1-3,5-6,11,13-17H,4,7-10H2. The van der Waals surface area contributed by atoms with Crippen LogP contribution >= 0.6 is 0 Å². The third-order valence-corrected chi connectivity index (χ3v) is 5.55. The molecule has 5 unspecified atom stereocenters. The van der Waals surface area contributed by atoms with Gasteiger partial charge in [0.2, 0.25) is 0 Å². The Morgan fingerprint density at radius 2 is 1.71 bits per heavy atom. The topological polar surface area (TPSA) is 12.0 Å². The minimum atomic E-state index is 0.766. The maximum absolute atomic E-state index is 3.78. The molecule has 1 aromatic carbocycles. The number of hydrogen-bond acceptors (Lipinski definition) is 1. The lowest BCUT2D eigenvalue weighted by atomic mass is 9.79. The van der Waals surface area contributed by atoms with E-state index in [4.69, 9.17) is 0 Å². The summed E-state index contributed by atoms with van der Waals surface area (Å²) < 4.78 is 0. The van der Waals surface area contributed by atoms with Gasteiger partial charge in [-0.15, -0.1) is 0 Å². The fourth-order valence-electron chi connectivity index (χ4n) is 4.98. The molecule has 1 aromatic rings. The molecule has 1 N–H and O–H groups in total. The number of para-hydroxylation sites is 1. The van der Waals surface area contributed by atoms with Gasteiger partial charge in [-0.3, -0.25) is 0 Å². The van der Waals surface area contributed by atoms with Crippen LogP contribution in [0.15, 0.2) is 30.3 Å². The summed E-state index contributed by atoms with van der Waals surface area (Å²) in [6, 6.07) is 11.5. The molecule has 3 saturated carbocycles. The van der Waals surface area contributed by atoms with Crippen LogP contribution in [-0.2, 0) is 0 Å². The first kappa shape index (κ1) is 9.99. The monoisotopic (exact) mass is 227 g/mol. The quantitative estimate of drug-likeness (QED) is 0.807. The molecule has 3 aliphatic carbocycles. The van der Waals surface area contributed by atoms with Crippen molar-refractivity contribution in [1.29, 1.82) is 0 Å². The zero-order valence-corrected chi connectivity index (χ0v) is 10.3. The van der Waals surface area contributed by atoms with Crippen LogP contribution in [0.2, 0.25) is 0 Å². The second kappa shape index (κ2) is 3.76. The summed E-state index contributed by atoms with van der Waals surface area (Å²) in [5, 5.41) is 3.78. The summed E-state index contributed by atoms with van der Waals surface area (Å²) in [4.78, 5) is 0. The van der Waals surface area contributed by atoms with Crippen LogP contribution in [-0.4, -0.2) is 6.04 Å². The Bertz CT molecular complexity index is 399. The Morgan fingerprint density at radius 3 is 2.59 bits per heavy atom. The van der Waals surface area contributed by atoms with Crippen molar-refractivity contribution in [3.63, 3.8) is 0 Å². The van der Waals surface area contributed by atoms with E-state index in [1.54, 1.807) is 0 Å². The van der Waals surface area contributed by atoms with Gasteiger partial charge in [0.1, 0.15) is 0 Å². The fraction of sp³-hybridized carbons (Fsp3) is 0.625. The number of hydrogen-bond donors (Lipinski definition) is 1. The van der Waals surface area contributed by atoms with Gasteiger partial charge in [-0.2, -0.15) is 0 Å². The predicted octanol–water partition coefficient (Wildman–Crippen LogP) is 3.92. The molecule has 0 spiro atoms. The van der Waals surface area contributed by atoms with Crippen molar-refractivity contribution in [3.8, 4) is 0 Å². The molecule has 5 atom stereocenters. The molecule has 17 heavy (non-hydrogen) atoms. The number of benzene rings is 1. The number of rotatable bonds is 2. The summed E-state index contributed by atoms with van der Waals surface area (Å²) in [5.74, 6) is 4.20. The average molecular weight is 227 g/mol. The van der Waals surface area contributed by atoms with Gasteiger partial charge in [-0.25, -0.2) is 0 Å². The number of fused-ring (bicyclic) bond motifs is 5. The highest BCUT2D eigenvalue weighted by atomic mass is 14.9. The highest BCUT2D eigenvalue weighted by Crippen LogP contribution is 2.59. The largest absolute Gasteiger partial charge is 0.382 e. The van der Waals surface area contributed by atoms with Crippen molar-refractivity contribution in [3.05, 3.63) is 30.3 Å². The van der Waals surface area contributed by atoms with Gasteiger partial charge in [-0.05, 0) is 61.5 Å². The van der Waals surface area contributed by atoms with Gasteiger partial charge < -0.3 is 5.32 Å². The van der Waals surface area contributed by atoms with Gasteiger partial charge in [-0.1, -0.05) is 24.6 Å². The van der Waals surface area contributed by atoms with Gasteiger partial charge >= 0.3 is 0 Å². The molecule has 0 heterocycles. The van der Waals surface area contributed by atoms with Crippen LogP contribution in [0.5, 0.6) is 0 Å². The maximum atomic E-state index is 3.78. The van der Waals surface area contributed by atoms with E-state index < -0.39 is 0 Å². The molecular weight excluding hydrogens is 206 g/mol. The van der Waals surface area contributed by atoms with Crippen LogP contribution in [0.3, 0.4) is 0 Å². The Hall–Kier alpha value is -0.980. The Kier molecular flexibility index (Phi) is 2.21. The van der Waals surface area contributed by atoms with Crippen molar-refractivity contribution in [2.24, 2.45) is 23.7 Å². The van der Waals surface area contributed by atoms with E-state index in [0.717, 1.165) is 29.7 Å². The minimum Gasteiger partial charge on any atom is -0.382 e. The second-order valence-electron chi connectivity index (χ2n) is 6.27. The zero-order chi connectivity index (χ0) is 11.2. The van der Waals surface area contributed by atoms with E-state index in [9.17, 15) is 0 Å². The maximum Gasteiger partial charge on any atom is 0.0342 e. The van der Waals surface area contributed by atoms with Gasteiger partial charge in [0.05, 0.1) is 0 Å². The smallest absolute Gasteiger partial charge is 0.0342 e. The second-order valence-corrected chi connectivity index (χ2v) is 6.27. The highest BCUT2D eigenvalue weighted by molar-refractivity contribution is 5.44. The first-order valence-electron chi connectivity index (χ1n) is 7.23. The highest BCUT2D eigenvalue weighted by Gasteiger charge is 2.53. The van der Waals surface area contributed by atoms with Crippen molar-refractivity contribution in [2.45, 2.75) is 38.1 Å². The van der Waals surface area contributed by atoms with Crippen molar-refractivity contribution in [2.75, 3.05) is 5.32 Å². The minimum absolute atomic E-state index is 0.766. The molecule has 0 aromatic heterocycles. The lowest BCUT2D eigenvalue weighted by molar-refractivity contribution is 0.243. The molecule has 90 valence electrons. The molecule has 1 heteroatoms. The molecule has 0 amide bonds. The Morgan fingerprint density at radius 1 is 0.882 bits per heavy atom. The van der Waals surface area contributed by atoms with E-state index >= 15 is 0 Å². The fourth-order valence-corrected chi connectivity index (χ4v) is 4.98. The van der Waals surface area contributed by atoms with Crippen LogP contribution in [0.25, 0.3) is 0 Å². The molecule has 0 saturated heterocycles. The first-order chi connectivity index (χ1) is 8.42. The lowest BCUT2D eigenvalue weighted by Crippen LogP contribution is -2.33. The lowest BCUT2D eigenvalue weighted by Gasteiger charge is -2.32. The van der Waals surface area contributed by atoms with Crippen molar-refractivity contribution >= 4 is 5.69 Å². The molecule has 3 fully saturated rings. The van der Waals surface area contributed by atoms with Gasteiger partial charge in [0.15, 0.2) is 0 Å². The Balaban J connectivity index is 1.51. The van der Waals surface area contributed by atoms with Gasteiger partial charge in [0.25, 0.3) is 0 Å². The third kappa shape index (κ3) is 1.51. The third-order valence-electron chi connectivity index (χ3n) is 5.55. The van der Waals surface area contributed by atoms with Crippen LogP contribution in [0, 0.1) is 23.7 Å². The van der Waals surface area contributed by atoms with Gasteiger partial charge in [0, 0.05) is 11.7 Å².